The van der Waals surface area contributed by atoms with E-state index in [1.165, 1.54) is 17.0 Å². The van der Waals surface area contributed by atoms with E-state index in [1.807, 2.05) is 0 Å². The number of likely N-dealkylation sites (N-methyl/N-ethyl adjacent to an activating group) is 1. The third-order valence-electron chi connectivity index (χ3n) is 2.76. The summed E-state index contributed by atoms with van der Waals surface area (Å²) in [4.78, 5) is 13.0. The van der Waals surface area contributed by atoms with Crippen molar-refractivity contribution in [1.82, 2.24) is 9.62 Å². The highest BCUT2D eigenvalue weighted by atomic mass is 32.2. The summed E-state index contributed by atoms with van der Waals surface area (Å²) in [6, 6.07) is 6.13. The number of hydrogen-bond donors (Lipinski definition) is 2. The van der Waals surface area contributed by atoms with Crippen LogP contribution in [0.4, 0.5) is 0 Å². The van der Waals surface area contributed by atoms with E-state index in [0.717, 1.165) is 0 Å². The van der Waals surface area contributed by atoms with Gasteiger partial charge in [-0.15, -0.1) is 0 Å². The number of nitrogens with one attached hydrogen (secondary N) is 1. The number of hydrogen-bond acceptors (Lipinski definition) is 4. The third kappa shape index (κ3) is 3.99. The summed E-state index contributed by atoms with van der Waals surface area (Å²) in [7, 11) is -2.24. The van der Waals surface area contributed by atoms with Gasteiger partial charge in [-0.2, -0.15) is 0 Å². The zero-order chi connectivity index (χ0) is 15.3. The first kappa shape index (κ1) is 16.5. The molecule has 0 saturated carbocycles. The minimum atomic E-state index is -3.84. The van der Waals surface area contributed by atoms with Crippen LogP contribution in [0.2, 0.25) is 0 Å². The van der Waals surface area contributed by atoms with Gasteiger partial charge >= 0.3 is 0 Å². The van der Waals surface area contributed by atoms with Gasteiger partial charge < -0.3 is 10.6 Å². The van der Waals surface area contributed by atoms with Crippen molar-refractivity contribution in [3.63, 3.8) is 0 Å². The largest absolute Gasteiger partial charge is 0.389 e. The second-order valence-corrected chi connectivity index (χ2v) is 6.27. The standard InChI is InChI=1S/C12H17N3O3S2/c1-3-15(2)11(16)8-14-20(17,18)10-7-5-4-6-9(10)12(13)19/h4-7,14H,3,8H2,1-2H3,(H2,13,19). The lowest BCUT2D eigenvalue weighted by molar-refractivity contribution is -0.128. The summed E-state index contributed by atoms with van der Waals surface area (Å²) < 4.78 is 26.6. The summed E-state index contributed by atoms with van der Waals surface area (Å²) in [5.74, 6) is -0.316. The molecule has 8 heteroatoms. The van der Waals surface area contributed by atoms with Crippen LogP contribution in [0.25, 0.3) is 0 Å². The number of rotatable bonds is 6. The number of sulfonamides is 1. The van der Waals surface area contributed by atoms with E-state index in [1.54, 1.807) is 26.1 Å². The van der Waals surface area contributed by atoms with E-state index in [4.69, 9.17) is 18.0 Å². The summed E-state index contributed by atoms with van der Waals surface area (Å²) >= 11 is 4.82. The number of carbonyl (C=O) groups excluding carboxylic acids is 1. The number of carbonyl (C=O) groups is 1. The van der Waals surface area contributed by atoms with E-state index < -0.39 is 10.0 Å². The molecule has 20 heavy (non-hydrogen) atoms. The predicted molar refractivity (Wildman–Crippen MR) is 80.8 cm³/mol. The van der Waals surface area contributed by atoms with Gasteiger partial charge in [0.1, 0.15) is 4.99 Å². The van der Waals surface area contributed by atoms with Crippen molar-refractivity contribution < 1.29 is 13.2 Å². The van der Waals surface area contributed by atoms with Crippen LogP contribution in [0.3, 0.4) is 0 Å². The molecule has 110 valence electrons. The molecule has 1 aromatic carbocycles. The minimum absolute atomic E-state index is 0.0111. The highest BCUT2D eigenvalue weighted by molar-refractivity contribution is 7.89. The molecule has 0 aliphatic rings. The number of thiocarbonyl (C=S) groups is 1. The Kier molecular flexibility index (Phi) is 5.61. The number of nitrogens with zero attached hydrogens (tertiary/aromatic N) is 1. The quantitative estimate of drug-likeness (QED) is 0.725. The summed E-state index contributed by atoms with van der Waals surface area (Å²) in [5.41, 5.74) is 5.76. The molecule has 6 nitrogen and oxygen atoms in total. The Morgan fingerprint density at radius 3 is 2.55 bits per heavy atom. The van der Waals surface area contributed by atoms with Crippen molar-refractivity contribution >= 4 is 33.1 Å². The first-order valence-electron chi connectivity index (χ1n) is 5.92. The molecule has 1 aromatic rings. The number of amides is 1. The molecule has 0 bridgehead atoms. The second-order valence-electron chi connectivity index (χ2n) is 4.09. The van der Waals surface area contributed by atoms with Crippen molar-refractivity contribution in [3.8, 4) is 0 Å². The predicted octanol–water partition coefficient (Wildman–Crippen LogP) is 0.0774. The average molecular weight is 315 g/mol. The van der Waals surface area contributed by atoms with E-state index in [9.17, 15) is 13.2 Å². The molecule has 0 aliphatic heterocycles. The Morgan fingerprint density at radius 1 is 1.40 bits per heavy atom. The highest BCUT2D eigenvalue weighted by Crippen LogP contribution is 2.14. The maximum absolute atomic E-state index is 12.2. The Bertz CT molecular complexity index is 614. The van der Waals surface area contributed by atoms with Gasteiger partial charge in [-0.25, -0.2) is 13.1 Å². The van der Waals surface area contributed by atoms with Crippen LogP contribution in [0.15, 0.2) is 29.2 Å². The van der Waals surface area contributed by atoms with Gasteiger partial charge in [0.15, 0.2) is 0 Å². The van der Waals surface area contributed by atoms with Gasteiger partial charge in [0, 0.05) is 19.2 Å². The lowest BCUT2D eigenvalue weighted by Gasteiger charge is -2.15. The Morgan fingerprint density at radius 2 is 2.00 bits per heavy atom. The van der Waals surface area contributed by atoms with E-state index in [0.29, 0.717) is 6.54 Å². The van der Waals surface area contributed by atoms with Crippen LogP contribution >= 0.6 is 12.2 Å². The molecule has 0 spiro atoms. The molecule has 0 heterocycles. The van der Waals surface area contributed by atoms with Gasteiger partial charge in [-0.3, -0.25) is 4.79 Å². The summed E-state index contributed by atoms with van der Waals surface area (Å²) in [6.45, 7) is 2.00. The molecule has 0 aliphatic carbocycles. The highest BCUT2D eigenvalue weighted by Gasteiger charge is 2.20. The molecule has 1 rings (SSSR count). The maximum Gasteiger partial charge on any atom is 0.241 e. The van der Waals surface area contributed by atoms with Gasteiger partial charge in [-0.1, -0.05) is 30.4 Å². The topological polar surface area (TPSA) is 92.5 Å². The van der Waals surface area contributed by atoms with Gasteiger partial charge in [-0.05, 0) is 13.0 Å². The van der Waals surface area contributed by atoms with Crippen LogP contribution in [-0.4, -0.2) is 44.4 Å². The zero-order valence-electron chi connectivity index (χ0n) is 11.3. The van der Waals surface area contributed by atoms with E-state index in [2.05, 4.69) is 4.72 Å². The van der Waals surface area contributed by atoms with Crippen molar-refractivity contribution in [2.24, 2.45) is 5.73 Å². The molecular formula is C12H17N3O3S2. The molecule has 1 amide bonds. The Hall–Kier alpha value is -1.51. The fraction of sp³-hybridized carbons (Fsp3) is 0.333. The normalized spacial score (nSPS) is 11.1. The van der Waals surface area contributed by atoms with Gasteiger partial charge in [0.2, 0.25) is 15.9 Å². The smallest absolute Gasteiger partial charge is 0.241 e. The van der Waals surface area contributed by atoms with Crippen LogP contribution in [0.1, 0.15) is 12.5 Å². The lowest BCUT2D eigenvalue weighted by Crippen LogP contribution is -2.38. The molecule has 0 unspecified atom stereocenters. The van der Waals surface area contributed by atoms with Gasteiger partial charge in [0.05, 0.1) is 11.4 Å². The third-order valence-corrected chi connectivity index (χ3v) is 4.43. The number of benzene rings is 1. The van der Waals surface area contributed by atoms with Crippen LogP contribution in [0, 0.1) is 0 Å². The van der Waals surface area contributed by atoms with Crippen LogP contribution in [0.5, 0.6) is 0 Å². The zero-order valence-corrected chi connectivity index (χ0v) is 12.9. The first-order chi connectivity index (χ1) is 9.29. The summed E-state index contributed by atoms with van der Waals surface area (Å²) in [6.07, 6.45) is 0. The molecule has 0 radical (unpaired) electrons. The van der Waals surface area contributed by atoms with E-state index in [-0.39, 0.29) is 27.9 Å². The fourth-order valence-electron chi connectivity index (χ4n) is 1.45. The first-order valence-corrected chi connectivity index (χ1v) is 7.81. The molecular weight excluding hydrogens is 298 g/mol. The molecule has 0 aromatic heterocycles. The van der Waals surface area contributed by atoms with Crippen molar-refractivity contribution in [1.29, 1.82) is 0 Å². The second kappa shape index (κ2) is 6.78. The Labute approximate surface area is 124 Å². The van der Waals surface area contributed by atoms with E-state index >= 15 is 0 Å². The van der Waals surface area contributed by atoms with Crippen molar-refractivity contribution in [3.05, 3.63) is 29.8 Å². The molecule has 0 saturated heterocycles. The lowest BCUT2D eigenvalue weighted by atomic mass is 10.2. The van der Waals surface area contributed by atoms with Gasteiger partial charge in [0.25, 0.3) is 0 Å². The fourth-order valence-corrected chi connectivity index (χ4v) is 2.89. The average Bonchev–Trinajstić information content (AvgIpc) is 2.43. The number of nitrogens with two attached hydrogens (primary N) is 1. The monoisotopic (exact) mass is 315 g/mol. The molecule has 0 fully saturated rings. The maximum atomic E-state index is 12.2. The molecule has 3 N–H and O–H groups in total. The molecule has 0 atom stereocenters. The van der Waals surface area contributed by atoms with Crippen molar-refractivity contribution in [2.45, 2.75) is 11.8 Å². The SMILES string of the molecule is CCN(C)C(=O)CNS(=O)(=O)c1ccccc1C(N)=S. The van der Waals surface area contributed by atoms with Crippen LogP contribution < -0.4 is 10.5 Å². The minimum Gasteiger partial charge on any atom is -0.389 e. The summed E-state index contributed by atoms with van der Waals surface area (Å²) in [5, 5.41) is 0. The van der Waals surface area contributed by atoms with Crippen molar-refractivity contribution in [2.75, 3.05) is 20.1 Å². The van der Waals surface area contributed by atoms with Crippen LogP contribution in [-0.2, 0) is 14.8 Å². The Balaban J connectivity index is 2.96.